The van der Waals surface area contributed by atoms with Crippen LogP contribution in [0.4, 0.5) is 0 Å². The van der Waals surface area contributed by atoms with Crippen LogP contribution in [0.3, 0.4) is 0 Å². The Labute approximate surface area is 186 Å². The maximum absolute atomic E-state index is 11.6. The number of ketones is 1. The van der Waals surface area contributed by atoms with Crippen LogP contribution in [0.1, 0.15) is 22.8 Å². The average Bonchev–Trinajstić information content (AvgIpc) is 3.23. The first-order valence-corrected chi connectivity index (χ1v) is 10.2. The maximum atomic E-state index is 11.6. The van der Waals surface area contributed by atoms with E-state index in [0.29, 0.717) is 5.56 Å². The number of Topliss-reactive ketones (excluding diaryl/α,β-unsaturated/α-hetero) is 1. The molecule has 0 saturated heterocycles. The number of benzene rings is 2. The van der Waals surface area contributed by atoms with Crippen LogP contribution < -0.4 is 4.74 Å². The van der Waals surface area contributed by atoms with E-state index in [1.807, 2.05) is 55.6 Å². The van der Waals surface area contributed by atoms with E-state index in [4.69, 9.17) is 4.74 Å². The zero-order valence-electron chi connectivity index (χ0n) is 18.2. The molecule has 0 atom stereocenters. The molecule has 0 aliphatic rings. The third kappa shape index (κ3) is 4.28. The van der Waals surface area contributed by atoms with E-state index in [2.05, 4.69) is 16.2 Å². The Morgan fingerprint density at radius 1 is 1.06 bits per heavy atom. The van der Waals surface area contributed by atoms with Gasteiger partial charge in [0.05, 0.1) is 18.9 Å². The van der Waals surface area contributed by atoms with E-state index < -0.39 is 0 Å². The number of hydrogen-bond donors (Lipinski definition) is 0. The number of nitriles is 1. The second kappa shape index (κ2) is 8.86. The number of ether oxygens (including phenoxy) is 1. The highest BCUT2D eigenvalue weighted by atomic mass is 16.5. The van der Waals surface area contributed by atoms with Gasteiger partial charge in [-0.05, 0) is 55.3 Å². The molecule has 6 nitrogen and oxygen atoms in total. The predicted octanol–water partition coefficient (Wildman–Crippen LogP) is 5.32. The number of aryl methyl sites for hydroxylation is 1. The van der Waals surface area contributed by atoms with Gasteiger partial charge in [-0.1, -0.05) is 24.3 Å². The summed E-state index contributed by atoms with van der Waals surface area (Å²) in [6, 6.07) is 19.4. The van der Waals surface area contributed by atoms with Crippen molar-refractivity contribution in [2.24, 2.45) is 0 Å². The van der Waals surface area contributed by atoms with Crippen LogP contribution in [0.2, 0.25) is 0 Å². The van der Waals surface area contributed by atoms with Gasteiger partial charge < -0.3 is 4.74 Å². The van der Waals surface area contributed by atoms with Gasteiger partial charge in [0.25, 0.3) is 0 Å². The molecule has 0 saturated carbocycles. The summed E-state index contributed by atoms with van der Waals surface area (Å²) < 4.78 is 7.08. The Balaban J connectivity index is 1.82. The topological polar surface area (TPSA) is 80.8 Å². The van der Waals surface area contributed by atoms with E-state index in [9.17, 15) is 10.1 Å². The highest BCUT2D eigenvalue weighted by Crippen LogP contribution is 2.34. The first-order chi connectivity index (χ1) is 15.5. The van der Waals surface area contributed by atoms with Crippen molar-refractivity contribution in [1.29, 1.82) is 5.26 Å². The summed E-state index contributed by atoms with van der Waals surface area (Å²) in [5.74, 6) is 0.781. The van der Waals surface area contributed by atoms with Gasteiger partial charge in [0.1, 0.15) is 18.0 Å². The summed E-state index contributed by atoms with van der Waals surface area (Å²) in [6.07, 6.45) is 3.64. The molecule has 0 fully saturated rings. The molecule has 4 rings (SSSR count). The number of carbonyl (C=O) groups is 1. The summed E-state index contributed by atoms with van der Waals surface area (Å²) in [5.41, 5.74) is 6.95. The van der Waals surface area contributed by atoms with Crippen LogP contribution in [-0.4, -0.2) is 27.7 Å². The lowest BCUT2D eigenvalue weighted by molar-refractivity contribution is 0.101. The molecule has 32 heavy (non-hydrogen) atoms. The average molecular weight is 422 g/mol. The molecule has 0 N–H and O–H groups in total. The van der Waals surface area contributed by atoms with Crippen LogP contribution in [0.25, 0.3) is 33.6 Å². The minimum atomic E-state index is 0.0291. The van der Waals surface area contributed by atoms with Crippen molar-refractivity contribution in [1.82, 2.24) is 14.8 Å². The lowest BCUT2D eigenvalue weighted by atomic mass is 9.99. The fourth-order valence-electron chi connectivity index (χ4n) is 3.63. The van der Waals surface area contributed by atoms with Crippen molar-refractivity contribution >= 4 is 5.78 Å². The minimum Gasteiger partial charge on any atom is -0.497 e. The number of hydrogen-bond acceptors (Lipinski definition) is 5. The molecule has 0 spiro atoms. The van der Waals surface area contributed by atoms with Crippen molar-refractivity contribution in [2.45, 2.75) is 20.4 Å². The third-order valence-corrected chi connectivity index (χ3v) is 5.21. The molecule has 2 heterocycles. The highest BCUT2D eigenvalue weighted by Gasteiger charge is 2.16. The van der Waals surface area contributed by atoms with Crippen LogP contribution in [0, 0.1) is 18.3 Å². The molecule has 2 aromatic carbocycles. The predicted molar refractivity (Wildman–Crippen MR) is 123 cm³/mol. The van der Waals surface area contributed by atoms with Gasteiger partial charge in [0.2, 0.25) is 0 Å². The van der Waals surface area contributed by atoms with Crippen LogP contribution >= 0.6 is 0 Å². The van der Waals surface area contributed by atoms with Crippen molar-refractivity contribution in [2.75, 3.05) is 7.11 Å². The second-order valence-corrected chi connectivity index (χ2v) is 7.55. The number of nitrogens with zero attached hydrogens (tertiary/aromatic N) is 4. The van der Waals surface area contributed by atoms with Gasteiger partial charge in [-0.15, -0.1) is 0 Å². The number of methoxy groups -OCH3 is 1. The summed E-state index contributed by atoms with van der Waals surface area (Å²) in [4.78, 5) is 16.1. The number of carbonyl (C=O) groups excluding carboxylic acids is 1. The van der Waals surface area contributed by atoms with Crippen LogP contribution in [0.5, 0.6) is 5.75 Å². The van der Waals surface area contributed by atoms with E-state index in [1.165, 1.54) is 0 Å². The van der Waals surface area contributed by atoms with Gasteiger partial charge in [-0.25, -0.2) is 0 Å². The van der Waals surface area contributed by atoms with Gasteiger partial charge in [-0.2, -0.15) is 10.4 Å². The van der Waals surface area contributed by atoms with Crippen LogP contribution in [0.15, 0.2) is 67.0 Å². The monoisotopic (exact) mass is 422 g/mol. The quantitative estimate of drug-likeness (QED) is 0.393. The Bertz CT molecular complexity index is 1330. The van der Waals surface area contributed by atoms with Crippen LogP contribution in [-0.2, 0) is 6.54 Å². The molecule has 4 aromatic rings. The SMILES string of the molecule is COc1cc(C)cc(-c2nn(CC#N)cc2-c2ccnc(-c3ccc(C(C)=O)cc3)c2)c1. The fourth-order valence-corrected chi connectivity index (χ4v) is 3.63. The molecule has 0 unspecified atom stereocenters. The Morgan fingerprint density at radius 3 is 2.53 bits per heavy atom. The molecule has 158 valence electrons. The molecule has 0 bridgehead atoms. The first kappa shape index (κ1) is 21.0. The Morgan fingerprint density at radius 2 is 1.84 bits per heavy atom. The molecule has 0 amide bonds. The summed E-state index contributed by atoms with van der Waals surface area (Å²) in [7, 11) is 1.64. The van der Waals surface area contributed by atoms with E-state index in [1.54, 1.807) is 37.0 Å². The molecule has 0 aliphatic heterocycles. The third-order valence-electron chi connectivity index (χ3n) is 5.21. The molecule has 6 heteroatoms. The number of rotatable bonds is 6. The summed E-state index contributed by atoms with van der Waals surface area (Å²) in [6.45, 7) is 3.71. The smallest absolute Gasteiger partial charge is 0.159 e. The molecule has 0 radical (unpaired) electrons. The van der Waals surface area contributed by atoms with Crippen molar-refractivity contribution < 1.29 is 9.53 Å². The van der Waals surface area contributed by atoms with E-state index in [-0.39, 0.29) is 12.3 Å². The highest BCUT2D eigenvalue weighted by molar-refractivity contribution is 5.94. The normalized spacial score (nSPS) is 10.6. The largest absolute Gasteiger partial charge is 0.497 e. The van der Waals surface area contributed by atoms with Crippen molar-refractivity contribution in [3.63, 3.8) is 0 Å². The van der Waals surface area contributed by atoms with Crippen molar-refractivity contribution in [3.05, 3.63) is 78.1 Å². The maximum Gasteiger partial charge on any atom is 0.159 e. The van der Waals surface area contributed by atoms with Gasteiger partial charge >= 0.3 is 0 Å². The van der Waals surface area contributed by atoms with E-state index in [0.717, 1.165) is 45.0 Å². The molecular formula is C26H22N4O2. The summed E-state index contributed by atoms with van der Waals surface area (Å²) in [5, 5.41) is 13.9. The first-order valence-electron chi connectivity index (χ1n) is 10.2. The second-order valence-electron chi connectivity index (χ2n) is 7.55. The standard InChI is InChI=1S/C26H22N4O2/c1-17-12-22(14-23(13-17)32-3)26-24(16-30(29-26)11-9-27)21-8-10-28-25(15-21)20-6-4-19(5-7-20)18(2)31/h4-8,10,12-16H,11H2,1-3H3. The fraction of sp³-hybridized carbons (Fsp3) is 0.154. The van der Waals surface area contributed by atoms with Gasteiger partial charge in [0.15, 0.2) is 5.78 Å². The molecule has 0 aliphatic carbocycles. The molecule has 2 aromatic heterocycles. The Hall–Kier alpha value is -4.24. The number of pyridine rings is 1. The van der Waals surface area contributed by atoms with Gasteiger partial charge in [0, 0.05) is 34.6 Å². The lowest BCUT2D eigenvalue weighted by Crippen LogP contribution is -1.95. The summed E-state index contributed by atoms with van der Waals surface area (Å²) >= 11 is 0. The lowest BCUT2D eigenvalue weighted by Gasteiger charge is -2.08. The van der Waals surface area contributed by atoms with Crippen molar-refractivity contribution in [3.8, 4) is 45.5 Å². The van der Waals surface area contributed by atoms with Gasteiger partial charge in [-0.3, -0.25) is 14.5 Å². The van der Waals surface area contributed by atoms with E-state index >= 15 is 0 Å². The zero-order valence-corrected chi connectivity index (χ0v) is 18.2. The Kier molecular flexibility index (Phi) is 5.82. The molecular weight excluding hydrogens is 400 g/mol. The minimum absolute atomic E-state index is 0.0291. The number of aromatic nitrogens is 3. The zero-order chi connectivity index (χ0) is 22.7.